The second-order valence-electron chi connectivity index (χ2n) is 5.72. The van der Waals surface area contributed by atoms with Crippen molar-refractivity contribution in [1.82, 2.24) is 5.32 Å². The molecule has 1 aliphatic rings. The molecule has 1 N–H and O–H groups in total. The molecule has 1 atom stereocenters. The molecule has 1 rings (SSSR count). The van der Waals surface area contributed by atoms with E-state index in [1.165, 1.54) is 24.3 Å². The van der Waals surface area contributed by atoms with E-state index >= 15 is 0 Å². The molecule has 1 fully saturated rings. The van der Waals surface area contributed by atoms with Crippen LogP contribution in [0.15, 0.2) is 0 Å². The smallest absolute Gasteiger partial charge is 0.323 e. The Morgan fingerprint density at radius 2 is 2.00 bits per heavy atom. The van der Waals surface area contributed by atoms with Gasteiger partial charge >= 0.3 is 5.97 Å². The third kappa shape index (κ3) is 6.32. The summed E-state index contributed by atoms with van der Waals surface area (Å²) in [5.41, 5.74) is -0.394. The van der Waals surface area contributed by atoms with Crippen LogP contribution in [0.3, 0.4) is 0 Å². The van der Waals surface area contributed by atoms with Crippen LogP contribution in [0.4, 0.5) is 0 Å². The molecule has 0 aromatic heterocycles. The summed E-state index contributed by atoms with van der Waals surface area (Å²) in [5.74, 6) is 3.09. The number of ether oxygens (including phenoxy) is 1. The first-order chi connectivity index (χ1) is 7.88. The van der Waals surface area contributed by atoms with Crippen molar-refractivity contribution in [3.05, 3.63) is 0 Å². The summed E-state index contributed by atoms with van der Waals surface area (Å²) in [5, 5.41) is 3.29. The van der Waals surface area contributed by atoms with E-state index in [0.29, 0.717) is 0 Å². The fourth-order valence-corrected chi connectivity index (χ4v) is 2.97. The topological polar surface area (TPSA) is 38.3 Å². The van der Waals surface area contributed by atoms with Gasteiger partial charge in [-0.25, -0.2) is 0 Å². The van der Waals surface area contributed by atoms with Gasteiger partial charge in [-0.05, 0) is 64.5 Å². The molecule has 0 aromatic rings. The summed E-state index contributed by atoms with van der Waals surface area (Å²) < 4.78 is 5.33. The van der Waals surface area contributed by atoms with Crippen molar-refractivity contribution in [2.24, 2.45) is 5.92 Å². The van der Waals surface area contributed by atoms with Gasteiger partial charge in [0.25, 0.3) is 0 Å². The average Bonchev–Trinajstić information content (AvgIpc) is 2.25. The molecular formula is C13H25NO2S. The van der Waals surface area contributed by atoms with Gasteiger partial charge in [0.1, 0.15) is 11.6 Å². The van der Waals surface area contributed by atoms with Gasteiger partial charge in [-0.15, -0.1) is 0 Å². The maximum absolute atomic E-state index is 11.7. The Balaban J connectivity index is 2.23. The van der Waals surface area contributed by atoms with Crippen LogP contribution in [0.2, 0.25) is 0 Å². The summed E-state index contributed by atoms with van der Waals surface area (Å²) in [6.45, 7) is 8.51. The van der Waals surface area contributed by atoms with Crippen LogP contribution in [0.25, 0.3) is 0 Å². The maximum atomic E-state index is 11.7. The van der Waals surface area contributed by atoms with E-state index in [2.05, 4.69) is 5.32 Å². The highest BCUT2D eigenvalue weighted by atomic mass is 32.2. The van der Waals surface area contributed by atoms with E-state index in [1.807, 2.05) is 39.5 Å². The summed E-state index contributed by atoms with van der Waals surface area (Å²) in [4.78, 5) is 11.7. The number of rotatable bonds is 4. The quantitative estimate of drug-likeness (QED) is 0.787. The molecule has 17 heavy (non-hydrogen) atoms. The van der Waals surface area contributed by atoms with Gasteiger partial charge in [0.15, 0.2) is 0 Å². The number of carbonyl (C=O) groups is 1. The van der Waals surface area contributed by atoms with Crippen molar-refractivity contribution < 1.29 is 9.53 Å². The van der Waals surface area contributed by atoms with E-state index in [9.17, 15) is 4.79 Å². The van der Waals surface area contributed by atoms with E-state index in [1.54, 1.807) is 0 Å². The van der Waals surface area contributed by atoms with Gasteiger partial charge < -0.3 is 10.1 Å². The normalized spacial score (nSPS) is 20.0. The maximum Gasteiger partial charge on any atom is 0.323 e. The first-order valence-electron chi connectivity index (χ1n) is 6.42. The third-order valence-electron chi connectivity index (χ3n) is 2.81. The minimum absolute atomic E-state index is 0.150. The molecule has 1 saturated heterocycles. The number of hydrogen-bond donors (Lipinski definition) is 1. The molecule has 1 heterocycles. The van der Waals surface area contributed by atoms with Crippen molar-refractivity contribution in [3.8, 4) is 0 Å². The molecule has 100 valence electrons. The molecule has 0 aliphatic carbocycles. The van der Waals surface area contributed by atoms with Crippen LogP contribution in [0.5, 0.6) is 0 Å². The van der Waals surface area contributed by atoms with Gasteiger partial charge in [-0.2, -0.15) is 11.8 Å². The highest BCUT2D eigenvalue weighted by Crippen LogP contribution is 2.22. The largest absolute Gasteiger partial charge is 0.459 e. The highest BCUT2D eigenvalue weighted by molar-refractivity contribution is 7.99. The fourth-order valence-electron chi connectivity index (χ4n) is 1.77. The van der Waals surface area contributed by atoms with Crippen LogP contribution in [0, 0.1) is 5.92 Å². The van der Waals surface area contributed by atoms with Crippen LogP contribution < -0.4 is 5.32 Å². The van der Waals surface area contributed by atoms with Crippen LogP contribution in [-0.2, 0) is 9.53 Å². The minimum atomic E-state index is -0.394. The van der Waals surface area contributed by atoms with Crippen molar-refractivity contribution in [1.29, 1.82) is 0 Å². The molecule has 0 amide bonds. The van der Waals surface area contributed by atoms with Crippen molar-refractivity contribution >= 4 is 17.7 Å². The van der Waals surface area contributed by atoms with E-state index in [0.717, 1.165) is 12.5 Å². The SMILES string of the molecule is CC(NCC1CCSCC1)C(=O)OC(C)(C)C. The molecule has 0 radical (unpaired) electrons. The average molecular weight is 259 g/mol. The molecule has 3 nitrogen and oxygen atoms in total. The van der Waals surface area contributed by atoms with Crippen molar-refractivity contribution in [2.45, 2.75) is 52.2 Å². The zero-order chi connectivity index (χ0) is 12.9. The summed E-state index contributed by atoms with van der Waals surface area (Å²) >= 11 is 2.03. The molecule has 0 bridgehead atoms. The predicted octanol–water partition coefficient (Wildman–Crippen LogP) is 2.45. The standard InChI is InChI=1S/C13H25NO2S/c1-10(12(15)16-13(2,3)4)14-9-11-5-7-17-8-6-11/h10-11,14H,5-9H2,1-4H3. The Morgan fingerprint density at radius 3 is 2.53 bits per heavy atom. The van der Waals surface area contributed by atoms with Gasteiger partial charge in [0.05, 0.1) is 0 Å². The monoisotopic (exact) mass is 259 g/mol. The van der Waals surface area contributed by atoms with Crippen LogP contribution in [-0.4, -0.2) is 35.7 Å². The number of carbonyl (C=O) groups excluding carboxylic acids is 1. The first kappa shape index (κ1) is 14.8. The predicted molar refractivity (Wildman–Crippen MR) is 73.4 cm³/mol. The van der Waals surface area contributed by atoms with Crippen LogP contribution >= 0.6 is 11.8 Å². The first-order valence-corrected chi connectivity index (χ1v) is 7.58. The van der Waals surface area contributed by atoms with Crippen LogP contribution in [0.1, 0.15) is 40.5 Å². The highest BCUT2D eigenvalue weighted by Gasteiger charge is 2.22. The lowest BCUT2D eigenvalue weighted by atomic mass is 10.0. The molecule has 0 spiro atoms. The Morgan fingerprint density at radius 1 is 1.41 bits per heavy atom. The molecule has 4 heteroatoms. The van der Waals surface area contributed by atoms with Gasteiger partial charge in [-0.1, -0.05) is 0 Å². The number of hydrogen-bond acceptors (Lipinski definition) is 4. The van der Waals surface area contributed by atoms with Gasteiger partial charge in [0.2, 0.25) is 0 Å². The van der Waals surface area contributed by atoms with Gasteiger partial charge in [0, 0.05) is 0 Å². The number of thioether (sulfide) groups is 1. The van der Waals surface area contributed by atoms with Crippen molar-refractivity contribution in [3.63, 3.8) is 0 Å². The Labute approximate surface area is 109 Å². The second-order valence-corrected chi connectivity index (χ2v) is 6.94. The van der Waals surface area contributed by atoms with Crippen molar-refractivity contribution in [2.75, 3.05) is 18.1 Å². The minimum Gasteiger partial charge on any atom is -0.459 e. The summed E-state index contributed by atoms with van der Waals surface area (Å²) in [7, 11) is 0. The summed E-state index contributed by atoms with van der Waals surface area (Å²) in [6, 6.07) is -0.205. The lowest BCUT2D eigenvalue weighted by molar-refractivity contribution is -0.157. The molecular weight excluding hydrogens is 234 g/mol. The number of nitrogens with one attached hydrogen (secondary N) is 1. The zero-order valence-corrected chi connectivity index (χ0v) is 12.2. The summed E-state index contributed by atoms with van der Waals surface area (Å²) in [6.07, 6.45) is 2.53. The fraction of sp³-hybridized carbons (Fsp3) is 0.923. The molecule has 0 saturated carbocycles. The lowest BCUT2D eigenvalue weighted by Crippen LogP contribution is -2.41. The molecule has 1 unspecified atom stereocenters. The zero-order valence-electron chi connectivity index (χ0n) is 11.4. The number of esters is 1. The molecule has 1 aliphatic heterocycles. The second kappa shape index (κ2) is 6.64. The van der Waals surface area contributed by atoms with E-state index < -0.39 is 5.60 Å². The Hall–Kier alpha value is -0.220. The van der Waals surface area contributed by atoms with E-state index in [4.69, 9.17) is 4.74 Å². The Bertz CT molecular complexity index is 244. The van der Waals surface area contributed by atoms with E-state index in [-0.39, 0.29) is 12.0 Å². The molecule has 0 aromatic carbocycles. The lowest BCUT2D eigenvalue weighted by Gasteiger charge is -2.25. The Kier molecular flexibility index (Phi) is 5.80. The van der Waals surface area contributed by atoms with Gasteiger partial charge in [-0.3, -0.25) is 4.79 Å². The third-order valence-corrected chi connectivity index (χ3v) is 3.86.